The molecular formula is C14H17ClO. The van der Waals surface area contributed by atoms with E-state index in [1.165, 1.54) is 29.5 Å². The van der Waals surface area contributed by atoms with Gasteiger partial charge in [0, 0.05) is 11.4 Å². The third kappa shape index (κ3) is 1.99. The second-order valence-corrected chi connectivity index (χ2v) is 5.73. The molecule has 0 atom stereocenters. The van der Waals surface area contributed by atoms with Crippen molar-refractivity contribution in [3.05, 3.63) is 33.8 Å². The van der Waals surface area contributed by atoms with Crippen LogP contribution in [0.5, 0.6) is 0 Å². The first-order valence-corrected chi connectivity index (χ1v) is 6.57. The number of aliphatic hydroxyl groups is 1. The first kappa shape index (κ1) is 10.6. The van der Waals surface area contributed by atoms with Crippen LogP contribution in [0.4, 0.5) is 0 Å². The summed E-state index contributed by atoms with van der Waals surface area (Å²) in [7, 11) is 0. The van der Waals surface area contributed by atoms with Gasteiger partial charge in [-0.25, -0.2) is 0 Å². The van der Waals surface area contributed by atoms with Crippen LogP contribution >= 0.6 is 11.6 Å². The maximum absolute atomic E-state index is 9.93. The molecule has 1 nitrogen and oxygen atoms in total. The number of rotatable bonds is 2. The van der Waals surface area contributed by atoms with E-state index < -0.39 is 5.60 Å². The summed E-state index contributed by atoms with van der Waals surface area (Å²) in [5.74, 6) is 0. The van der Waals surface area contributed by atoms with Crippen molar-refractivity contribution >= 4 is 11.6 Å². The average Bonchev–Trinajstić information content (AvgIpc) is 2.96. The summed E-state index contributed by atoms with van der Waals surface area (Å²) in [5, 5.41) is 10.8. The highest BCUT2D eigenvalue weighted by atomic mass is 35.5. The Morgan fingerprint density at radius 3 is 2.69 bits per heavy atom. The van der Waals surface area contributed by atoms with E-state index in [1.54, 1.807) is 0 Å². The Balaban J connectivity index is 1.92. The summed E-state index contributed by atoms with van der Waals surface area (Å²) in [4.78, 5) is 0. The molecule has 0 heterocycles. The van der Waals surface area contributed by atoms with Gasteiger partial charge in [0.25, 0.3) is 0 Å². The van der Waals surface area contributed by atoms with E-state index in [9.17, 15) is 5.11 Å². The van der Waals surface area contributed by atoms with Crippen molar-refractivity contribution in [2.75, 3.05) is 0 Å². The van der Waals surface area contributed by atoms with Crippen LogP contribution in [0.2, 0.25) is 5.02 Å². The highest BCUT2D eigenvalue weighted by molar-refractivity contribution is 6.31. The minimum atomic E-state index is -0.410. The number of hydrogen-bond acceptors (Lipinski definition) is 1. The van der Waals surface area contributed by atoms with Crippen LogP contribution in [-0.4, -0.2) is 10.7 Å². The fourth-order valence-electron chi connectivity index (χ4n) is 2.68. The van der Waals surface area contributed by atoms with Crippen LogP contribution in [0.3, 0.4) is 0 Å². The number of benzene rings is 1. The molecule has 0 amide bonds. The smallest absolute Gasteiger partial charge is 0.0690 e. The zero-order chi connectivity index (χ0) is 11.2. The second kappa shape index (κ2) is 3.75. The molecule has 1 aromatic carbocycles. The van der Waals surface area contributed by atoms with Crippen molar-refractivity contribution in [3.63, 3.8) is 0 Å². The van der Waals surface area contributed by atoms with Crippen LogP contribution in [0, 0.1) is 0 Å². The molecule has 0 radical (unpaired) electrons. The van der Waals surface area contributed by atoms with Crippen LogP contribution in [0.1, 0.15) is 42.4 Å². The molecule has 0 saturated heterocycles. The molecule has 1 N–H and O–H groups in total. The van der Waals surface area contributed by atoms with Crippen LogP contribution in [0.15, 0.2) is 12.1 Å². The van der Waals surface area contributed by atoms with E-state index in [4.69, 9.17) is 11.6 Å². The first-order valence-electron chi connectivity index (χ1n) is 6.19. The van der Waals surface area contributed by atoms with Crippen molar-refractivity contribution in [1.29, 1.82) is 0 Å². The molecular weight excluding hydrogens is 220 g/mol. The lowest BCUT2D eigenvalue weighted by Crippen LogP contribution is -2.12. The normalized spacial score (nSPS) is 21.6. The van der Waals surface area contributed by atoms with Crippen LogP contribution in [-0.2, 0) is 19.3 Å². The van der Waals surface area contributed by atoms with E-state index in [1.807, 2.05) is 0 Å². The highest BCUT2D eigenvalue weighted by Gasteiger charge is 2.40. The fraction of sp³-hybridized carbons (Fsp3) is 0.571. The summed E-state index contributed by atoms with van der Waals surface area (Å²) in [6, 6.07) is 4.32. The molecule has 0 spiro atoms. The minimum absolute atomic E-state index is 0.410. The van der Waals surface area contributed by atoms with Crippen molar-refractivity contribution < 1.29 is 5.11 Å². The monoisotopic (exact) mass is 236 g/mol. The predicted octanol–water partition coefficient (Wildman–Crippen LogP) is 3.29. The molecule has 1 fully saturated rings. The Morgan fingerprint density at radius 1 is 1.19 bits per heavy atom. The Bertz CT molecular complexity index is 421. The van der Waals surface area contributed by atoms with Crippen LogP contribution in [0.25, 0.3) is 0 Å². The van der Waals surface area contributed by atoms with Crippen LogP contribution < -0.4 is 0 Å². The molecule has 2 heteroatoms. The quantitative estimate of drug-likeness (QED) is 0.836. The maximum Gasteiger partial charge on any atom is 0.0690 e. The van der Waals surface area contributed by atoms with Gasteiger partial charge in [-0.15, -0.1) is 0 Å². The first-order chi connectivity index (χ1) is 7.66. The van der Waals surface area contributed by atoms with Gasteiger partial charge in [0.15, 0.2) is 0 Å². The van der Waals surface area contributed by atoms with E-state index in [0.717, 1.165) is 37.1 Å². The summed E-state index contributed by atoms with van der Waals surface area (Å²) < 4.78 is 0. The van der Waals surface area contributed by atoms with Gasteiger partial charge in [0.05, 0.1) is 5.60 Å². The lowest BCUT2D eigenvalue weighted by Gasteiger charge is -2.19. The number of halogens is 1. The Hall–Kier alpha value is -0.530. The van der Waals surface area contributed by atoms with Crippen molar-refractivity contribution in [2.24, 2.45) is 0 Å². The lowest BCUT2D eigenvalue weighted by atomic mass is 9.89. The minimum Gasteiger partial charge on any atom is -0.390 e. The molecule has 1 aromatic rings. The number of aryl methyl sites for hydroxylation is 1. The molecule has 86 valence electrons. The van der Waals surface area contributed by atoms with Gasteiger partial charge in [-0.3, -0.25) is 0 Å². The Morgan fingerprint density at radius 2 is 1.94 bits per heavy atom. The summed E-state index contributed by atoms with van der Waals surface area (Å²) in [6.07, 6.45) is 7.48. The summed E-state index contributed by atoms with van der Waals surface area (Å²) in [5.41, 5.74) is 3.56. The fourth-order valence-corrected chi connectivity index (χ4v) is 3.04. The zero-order valence-electron chi connectivity index (χ0n) is 9.43. The third-order valence-electron chi connectivity index (χ3n) is 3.83. The Labute approximate surface area is 101 Å². The van der Waals surface area contributed by atoms with E-state index in [0.29, 0.717) is 0 Å². The van der Waals surface area contributed by atoms with Gasteiger partial charge < -0.3 is 5.11 Å². The molecule has 0 bridgehead atoms. The molecule has 1 saturated carbocycles. The van der Waals surface area contributed by atoms with Gasteiger partial charge in [-0.1, -0.05) is 17.7 Å². The third-order valence-corrected chi connectivity index (χ3v) is 4.17. The topological polar surface area (TPSA) is 20.2 Å². The van der Waals surface area contributed by atoms with Crippen molar-refractivity contribution in [2.45, 2.75) is 50.5 Å². The van der Waals surface area contributed by atoms with E-state index >= 15 is 0 Å². The average molecular weight is 237 g/mol. The SMILES string of the molecule is OC1(Cc2cc(Cl)c3c(c2)CCCC3)CC1. The van der Waals surface area contributed by atoms with E-state index in [2.05, 4.69) is 12.1 Å². The standard InChI is InChI=1S/C14H17ClO/c15-13-8-10(9-14(16)5-6-14)7-11-3-1-2-4-12(11)13/h7-8,16H,1-6,9H2. The molecule has 0 aliphatic heterocycles. The molecule has 2 aliphatic rings. The molecule has 0 aromatic heterocycles. The Kier molecular flexibility index (Phi) is 2.49. The highest BCUT2D eigenvalue weighted by Crippen LogP contribution is 2.39. The number of hydrogen-bond donors (Lipinski definition) is 1. The van der Waals surface area contributed by atoms with Gasteiger partial charge in [-0.05, 0) is 61.3 Å². The van der Waals surface area contributed by atoms with E-state index in [-0.39, 0.29) is 0 Å². The van der Waals surface area contributed by atoms with Crippen molar-refractivity contribution in [3.8, 4) is 0 Å². The summed E-state index contributed by atoms with van der Waals surface area (Å²) >= 11 is 6.31. The van der Waals surface area contributed by atoms with Gasteiger partial charge >= 0.3 is 0 Å². The number of fused-ring (bicyclic) bond motifs is 1. The summed E-state index contributed by atoms with van der Waals surface area (Å²) in [6.45, 7) is 0. The van der Waals surface area contributed by atoms with Gasteiger partial charge in [-0.2, -0.15) is 0 Å². The molecule has 0 unspecified atom stereocenters. The second-order valence-electron chi connectivity index (χ2n) is 5.32. The largest absolute Gasteiger partial charge is 0.390 e. The van der Waals surface area contributed by atoms with Gasteiger partial charge in [0.1, 0.15) is 0 Å². The van der Waals surface area contributed by atoms with Crippen molar-refractivity contribution in [1.82, 2.24) is 0 Å². The maximum atomic E-state index is 9.93. The lowest BCUT2D eigenvalue weighted by molar-refractivity contribution is 0.151. The zero-order valence-corrected chi connectivity index (χ0v) is 10.2. The predicted molar refractivity (Wildman–Crippen MR) is 66.0 cm³/mol. The van der Waals surface area contributed by atoms with Gasteiger partial charge in [0.2, 0.25) is 0 Å². The molecule has 2 aliphatic carbocycles. The molecule has 16 heavy (non-hydrogen) atoms. The molecule has 3 rings (SSSR count).